The fourth-order valence-corrected chi connectivity index (χ4v) is 2.08. The molecule has 2 rings (SSSR count). The normalized spacial score (nSPS) is 11.5. The van der Waals surface area contributed by atoms with E-state index in [9.17, 15) is 26.7 Å². The number of hydrogen-bond donors (Lipinski definition) is 1. The van der Waals surface area contributed by atoms with Crippen molar-refractivity contribution in [3.8, 4) is 0 Å². The van der Waals surface area contributed by atoms with E-state index in [2.05, 4.69) is 0 Å². The Hall–Kier alpha value is -2.44. The maximum absolute atomic E-state index is 14.2. The number of benzene rings is 2. The van der Waals surface area contributed by atoms with E-state index < -0.39 is 46.8 Å². The molecule has 0 aliphatic carbocycles. The SMILES string of the molecule is NC(=O)c1ccc(C(F)(F)F)c(Cc2ccccc2F)c1F. The number of amides is 1. The van der Waals surface area contributed by atoms with Crippen LogP contribution in [0.5, 0.6) is 0 Å². The molecule has 2 N–H and O–H groups in total. The minimum absolute atomic E-state index is 0.117. The Morgan fingerprint density at radius 3 is 2.23 bits per heavy atom. The summed E-state index contributed by atoms with van der Waals surface area (Å²) in [6, 6.07) is 6.32. The molecule has 7 heteroatoms. The van der Waals surface area contributed by atoms with E-state index in [1.54, 1.807) is 0 Å². The standard InChI is InChI=1S/C15H10F5NO/c16-12-4-2-1-3-8(12)7-10-11(15(18,19)20)6-5-9(13(10)17)14(21)22/h1-6H,7H2,(H2,21,22). The third kappa shape index (κ3) is 3.08. The Morgan fingerprint density at radius 2 is 1.68 bits per heavy atom. The predicted molar refractivity (Wildman–Crippen MR) is 69.1 cm³/mol. The summed E-state index contributed by atoms with van der Waals surface area (Å²) in [7, 11) is 0. The molecular weight excluding hydrogens is 305 g/mol. The zero-order valence-electron chi connectivity index (χ0n) is 11.0. The Labute approximate surface area is 122 Å². The molecule has 0 atom stereocenters. The van der Waals surface area contributed by atoms with Gasteiger partial charge in [-0.2, -0.15) is 13.2 Å². The molecule has 2 aromatic rings. The molecule has 0 heterocycles. The second kappa shape index (κ2) is 5.75. The van der Waals surface area contributed by atoms with Gasteiger partial charge in [0.2, 0.25) is 0 Å². The molecule has 0 spiro atoms. The van der Waals surface area contributed by atoms with Crippen molar-refractivity contribution in [1.29, 1.82) is 0 Å². The molecule has 0 saturated heterocycles. The van der Waals surface area contributed by atoms with E-state index in [0.29, 0.717) is 12.1 Å². The zero-order valence-corrected chi connectivity index (χ0v) is 11.0. The van der Waals surface area contributed by atoms with Crippen molar-refractivity contribution in [2.24, 2.45) is 5.73 Å². The molecular formula is C15H10F5NO. The Morgan fingerprint density at radius 1 is 1.05 bits per heavy atom. The van der Waals surface area contributed by atoms with E-state index in [4.69, 9.17) is 5.73 Å². The van der Waals surface area contributed by atoms with Crippen molar-refractivity contribution in [1.82, 2.24) is 0 Å². The average Bonchev–Trinajstić information content (AvgIpc) is 2.41. The first-order chi connectivity index (χ1) is 10.2. The van der Waals surface area contributed by atoms with E-state index in [1.807, 2.05) is 0 Å². The highest BCUT2D eigenvalue weighted by Gasteiger charge is 2.35. The van der Waals surface area contributed by atoms with Crippen molar-refractivity contribution in [3.05, 3.63) is 70.3 Å². The lowest BCUT2D eigenvalue weighted by Crippen LogP contribution is -2.18. The molecule has 2 nitrogen and oxygen atoms in total. The average molecular weight is 315 g/mol. The van der Waals surface area contributed by atoms with Crippen molar-refractivity contribution < 1.29 is 26.7 Å². The second-order valence-electron chi connectivity index (χ2n) is 4.58. The highest BCUT2D eigenvalue weighted by Crippen LogP contribution is 2.35. The molecule has 22 heavy (non-hydrogen) atoms. The molecule has 0 aliphatic heterocycles. The summed E-state index contributed by atoms with van der Waals surface area (Å²) >= 11 is 0. The zero-order chi connectivity index (χ0) is 16.5. The monoisotopic (exact) mass is 315 g/mol. The van der Waals surface area contributed by atoms with Gasteiger partial charge in [0, 0.05) is 12.0 Å². The summed E-state index contributed by atoms with van der Waals surface area (Å²) < 4.78 is 66.8. The van der Waals surface area contributed by atoms with Gasteiger partial charge in [-0.3, -0.25) is 4.79 Å². The van der Waals surface area contributed by atoms with Gasteiger partial charge in [-0.1, -0.05) is 18.2 Å². The number of nitrogens with two attached hydrogens (primary N) is 1. The minimum atomic E-state index is -4.84. The van der Waals surface area contributed by atoms with Crippen LogP contribution >= 0.6 is 0 Å². The van der Waals surface area contributed by atoms with Crippen LogP contribution in [0.25, 0.3) is 0 Å². The fraction of sp³-hybridized carbons (Fsp3) is 0.133. The maximum atomic E-state index is 14.2. The lowest BCUT2D eigenvalue weighted by atomic mass is 9.95. The first-order valence-electron chi connectivity index (χ1n) is 6.13. The summed E-state index contributed by atoms with van der Waals surface area (Å²) in [5.74, 6) is -3.34. The number of primary amides is 1. The Bertz CT molecular complexity index is 724. The van der Waals surface area contributed by atoms with Crippen LogP contribution < -0.4 is 5.73 Å². The second-order valence-corrected chi connectivity index (χ2v) is 4.58. The number of carbonyl (C=O) groups excluding carboxylic acids is 1. The van der Waals surface area contributed by atoms with Crippen LogP contribution in [0.2, 0.25) is 0 Å². The van der Waals surface area contributed by atoms with Gasteiger partial charge in [0.25, 0.3) is 5.91 Å². The first kappa shape index (κ1) is 15.9. The van der Waals surface area contributed by atoms with Crippen LogP contribution in [-0.4, -0.2) is 5.91 Å². The number of hydrogen-bond acceptors (Lipinski definition) is 1. The minimum Gasteiger partial charge on any atom is -0.366 e. The highest BCUT2D eigenvalue weighted by molar-refractivity contribution is 5.93. The molecule has 116 valence electrons. The Balaban J connectivity index is 2.63. The summed E-state index contributed by atoms with van der Waals surface area (Å²) in [6.45, 7) is 0. The van der Waals surface area contributed by atoms with Crippen molar-refractivity contribution >= 4 is 5.91 Å². The van der Waals surface area contributed by atoms with Gasteiger partial charge in [-0.15, -0.1) is 0 Å². The summed E-state index contributed by atoms with van der Waals surface area (Å²) in [5, 5.41) is 0. The van der Waals surface area contributed by atoms with Gasteiger partial charge in [-0.25, -0.2) is 8.78 Å². The topological polar surface area (TPSA) is 43.1 Å². The summed E-state index contributed by atoms with van der Waals surface area (Å²) in [6.07, 6.45) is -5.48. The van der Waals surface area contributed by atoms with Crippen LogP contribution in [0.1, 0.15) is 27.0 Å². The molecule has 0 saturated carbocycles. The van der Waals surface area contributed by atoms with Crippen molar-refractivity contribution in [2.75, 3.05) is 0 Å². The molecule has 1 amide bonds. The quantitative estimate of drug-likeness (QED) is 0.863. The van der Waals surface area contributed by atoms with E-state index in [0.717, 1.165) is 6.07 Å². The van der Waals surface area contributed by atoms with Gasteiger partial charge in [0.05, 0.1) is 11.1 Å². The molecule has 0 aromatic heterocycles. The Kier molecular flexibility index (Phi) is 4.16. The number of alkyl halides is 3. The molecule has 0 unspecified atom stereocenters. The highest BCUT2D eigenvalue weighted by atomic mass is 19.4. The number of halogens is 5. The lowest BCUT2D eigenvalue weighted by Gasteiger charge is -2.15. The van der Waals surface area contributed by atoms with Crippen molar-refractivity contribution in [2.45, 2.75) is 12.6 Å². The molecule has 0 fully saturated rings. The first-order valence-corrected chi connectivity index (χ1v) is 6.13. The van der Waals surface area contributed by atoms with E-state index in [-0.39, 0.29) is 5.56 Å². The van der Waals surface area contributed by atoms with E-state index >= 15 is 0 Å². The molecule has 0 radical (unpaired) electrons. The number of carbonyl (C=O) groups is 1. The molecule has 2 aromatic carbocycles. The maximum Gasteiger partial charge on any atom is 0.416 e. The lowest BCUT2D eigenvalue weighted by molar-refractivity contribution is -0.138. The third-order valence-corrected chi connectivity index (χ3v) is 3.14. The number of rotatable bonds is 3. The van der Waals surface area contributed by atoms with Gasteiger partial charge in [-0.05, 0) is 23.8 Å². The van der Waals surface area contributed by atoms with E-state index in [1.165, 1.54) is 18.2 Å². The van der Waals surface area contributed by atoms with Gasteiger partial charge in [0.15, 0.2) is 0 Å². The largest absolute Gasteiger partial charge is 0.416 e. The van der Waals surface area contributed by atoms with Crippen LogP contribution in [0.15, 0.2) is 36.4 Å². The van der Waals surface area contributed by atoms with Crippen LogP contribution in [-0.2, 0) is 12.6 Å². The predicted octanol–water partition coefficient (Wildman–Crippen LogP) is 3.67. The fourth-order valence-electron chi connectivity index (χ4n) is 2.08. The van der Waals surface area contributed by atoms with Gasteiger partial charge >= 0.3 is 6.18 Å². The molecule has 0 bridgehead atoms. The smallest absolute Gasteiger partial charge is 0.366 e. The summed E-state index contributed by atoms with van der Waals surface area (Å²) in [5.41, 5.74) is 2.07. The van der Waals surface area contributed by atoms with Crippen molar-refractivity contribution in [3.63, 3.8) is 0 Å². The third-order valence-electron chi connectivity index (χ3n) is 3.14. The molecule has 0 aliphatic rings. The summed E-state index contributed by atoms with van der Waals surface area (Å²) in [4.78, 5) is 11.1. The van der Waals surface area contributed by atoms with Gasteiger partial charge in [0.1, 0.15) is 11.6 Å². The van der Waals surface area contributed by atoms with Crippen LogP contribution in [0, 0.1) is 11.6 Å². The van der Waals surface area contributed by atoms with Crippen LogP contribution in [0.4, 0.5) is 22.0 Å². The van der Waals surface area contributed by atoms with Gasteiger partial charge < -0.3 is 5.73 Å². The van der Waals surface area contributed by atoms with Crippen LogP contribution in [0.3, 0.4) is 0 Å².